The highest BCUT2D eigenvalue weighted by Crippen LogP contribution is 2.32. The van der Waals surface area contributed by atoms with E-state index in [-0.39, 0.29) is 0 Å². The van der Waals surface area contributed by atoms with E-state index in [9.17, 15) is 0 Å². The molecule has 106 valence electrons. The molecule has 1 atom stereocenters. The number of rotatable bonds is 5. The summed E-state index contributed by atoms with van der Waals surface area (Å²) in [7, 11) is 2.09. The molecule has 1 aromatic rings. The molecule has 1 fully saturated rings. The van der Waals surface area contributed by atoms with E-state index in [4.69, 9.17) is 0 Å². The van der Waals surface area contributed by atoms with Crippen LogP contribution in [0.3, 0.4) is 0 Å². The summed E-state index contributed by atoms with van der Waals surface area (Å²) in [5.74, 6) is 1.20. The van der Waals surface area contributed by atoms with Gasteiger partial charge >= 0.3 is 0 Å². The van der Waals surface area contributed by atoms with Crippen molar-refractivity contribution in [3.05, 3.63) is 34.9 Å². The number of thioether (sulfide) groups is 1. The van der Waals surface area contributed by atoms with Gasteiger partial charge in [-0.05, 0) is 50.4 Å². The molecule has 0 amide bonds. The molecule has 1 unspecified atom stereocenters. The summed E-state index contributed by atoms with van der Waals surface area (Å²) in [4.78, 5) is 0. The third kappa shape index (κ3) is 4.00. The fourth-order valence-corrected chi connectivity index (χ4v) is 4.42. The van der Waals surface area contributed by atoms with Crippen molar-refractivity contribution in [2.24, 2.45) is 0 Å². The van der Waals surface area contributed by atoms with Crippen molar-refractivity contribution >= 4 is 11.8 Å². The standard InChI is InChI=1S/C17H27NS/c1-13-8-7-11-16(14(13)2)17(18-3)12-19-15-9-5-4-6-10-15/h7-8,11,15,17-18H,4-6,9-10,12H2,1-3H3. The second-order valence-electron chi connectivity index (χ2n) is 5.72. The van der Waals surface area contributed by atoms with E-state index in [0.29, 0.717) is 6.04 Å². The van der Waals surface area contributed by atoms with Gasteiger partial charge in [-0.15, -0.1) is 0 Å². The molecular formula is C17H27NS. The lowest BCUT2D eigenvalue weighted by atomic mass is 9.98. The van der Waals surface area contributed by atoms with Gasteiger partial charge in [0.15, 0.2) is 0 Å². The minimum absolute atomic E-state index is 0.492. The Kier molecular flexibility index (Phi) is 5.77. The fourth-order valence-electron chi connectivity index (χ4n) is 2.94. The molecular weight excluding hydrogens is 250 g/mol. The molecule has 2 heteroatoms. The summed E-state index contributed by atoms with van der Waals surface area (Å²) in [6.45, 7) is 4.46. The average Bonchev–Trinajstić information content (AvgIpc) is 2.45. The molecule has 0 bridgehead atoms. The number of hydrogen-bond donors (Lipinski definition) is 1. The highest BCUT2D eigenvalue weighted by Gasteiger charge is 2.18. The topological polar surface area (TPSA) is 12.0 Å². The Bertz CT molecular complexity index is 396. The van der Waals surface area contributed by atoms with E-state index in [1.165, 1.54) is 54.5 Å². The Labute approximate surface area is 122 Å². The van der Waals surface area contributed by atoms with Gasteiger partial charge in [0.05, 0.1) is 0 Å². The zero-order chi connectivity index (χ0) is 13.7. The SMILES string of the molecule is CNC(CSC1CCCCC1)c1cccc(C)c1C. The van der Waals surface area contributed by atoms with Crippen molar-refractivity contribution in [2.45, 2.75) is 57.2 Å². The predicted molar refractivity (Wildman–Crippen MR) is 87.0 cm³/mol. The fraction of sp³-hybridized carbons (Fsp3) is 0.647. The maximum absolute atomic E-state index is 3.51. The first-order valence-electron chi connectivity index (χ1n) is 7.57. The van der Waals surface area contributed by atoms with Gasteiger partial charge < -0.3 is 5.32 Å². The number of hydrogen-bond acceptors (Lipinski definition) is 2. The van der Waals surface area contributed by atoms with E-state index in [0.717, 1.165) is 5.25 Å². The summed E-state index contributed by atoms with van der Waals surface area (Å²) in [6, 6.07) is 7.17. The molecule has 0 aromatic heterocycles. The molecule has 0 radical (unpaired) electrons. The molecule has 1 aliphatic carbocycles. The summed E-state index contributed by atoms with van der Waals surface area (Å²) >= 11 is 2.18. The van der Waals surface area contributed by atoms with Gasteiger partial charge in [0.25, 0.3) is 0 Å². The maximum Gasteiger partial charge on any atom is 0.0412 e. The zero-order valence-electron chi connectivity index (χ0n) is 12.5. The molecule has 1 N–H and O–H groups in total. The molecule has 0 aliphatic heterocycles. The van der Waals surface area contributed by atoms with Gasteiger partial charge in [-0.1, -0.05) is 37.5 Å². The zero-order valence-corrected chi connectivity index (χ0v) is 13.4. The van der Waals surface area contributed by atoms with Crippen molar-refractivity contribution in [1.29, 1.82) is 0 Å². The maximum atomic E-state index is 3.51. The Balaban J connectivity index is 1.97. The van der Waals surface area contributed by atoms with Gasteiger partial charge in [-0.2, -0.15) is 11.8 Å². The normalized spacial score (nSPS) is 18.5. The monoisotopic (exact) mass is 277 g/mol. The highest BCUT2D eigenvalue weighted by atomic mass is 32.2. The molecule has 0 saturated heterocycles. The van der Waals surface area contributed by atoms with Gasteiger partial charge in [-0.3, -0.25) is 0 Å². The van der Waals surface area contributed by atoms with Crippen molar-refractivity contribution in [3.63, 3.8) is 0 Å². The number of benzene rings is 1. The summed E-state index contributed by atoms with van der Waals surface area (Å²) in [5.41, 5.74) is 4.33. The van der Waals surface area contributed by atoms with Crippen molar-refractivity contribution in [3.8, 4) is 0 Å². The van der Waals surface area contributed by atoms with Gasteiger partial charge in [0, 0.05) is 17.0 Å². The molecule has 1 aliphatic rings. The molecule has 2 rings (SSSR count). The quantitative estimate of drug-likeness (QED) is 0.842. The molecule has 19 heavy (non-hydrogen) atoms. The molecule has 0 heterocycles. The van der Waals surface area contributed by atoms with Crippen LogP contribution < -0.4 is 5.32 Å². The first-order chi connectivity index (χ1) is 9.22. The Morgan fingerprint density at radius 2 is 1.95 bits per heavy atom. The van der Waals surface area contributed by atoms with E-state index in [1.807, 2.05) is 0 Å². The first-order valence-corrected chi connectivity index (χ1v) is 8.62. The van der Waals surface area contributed by atoms with Crippen LogP contribution in [0.25, 0.3) is 0 Å². The van der Waals surface area contributed by atoms with Crippen LogP contribution in [0.15, 0.2) is 18.2 Å². The van der Waals surface area contributed by atoms with Crippen LogP contribution in [0.1, 0.15) is 54.8 Å². The lowest BCUT2D eigenvalue weighted by Crippen LogP contribution is -2.22. The summed E-state index contributed by atoms with van der Waals surface area (Å²) < 4.78 is 0. The third-order valence-electron chi connectivity index (χ3n) is 4.42. The number of nitrogens with one attached hydrogen (secondary N) is 1. The largest absolute Gasteiger partial charge is 0.312 e. The molecule has 1 nitrogen and oxygen atoms in total. The predicted octanol–water partition coefficient (Wildman–Crippen LogP) is 4.63. The van der Waals surface area contributed by atoms with Crippen molar-refractivity contribution in [2.75, 3.05) is 12.8 Å². The smallest absolute Gasteiger partial charge is 0.0412 e. The first kappa shape index (κ1) is 14.9. The minimum atomic E-state index is 0.492. The average molecular weight is 277 g/mol. The van der Waals surface area contributed by atoms with Crippen LogP contribution in [0.2, 0.25) is 0 Å². The lowest BCUT2D eigenvalue weighted by molar-refractivity contribution is 0.514. The highest BCUT2D eigenvalue weighted by molar-refractivity contribution is 7.99. The van der Waals surface area contributed by atoms with E-state index < -0.39 is 0 Å². The van der Waals surface area contributed by atoms with Crippen LogP contribution in [0.5, 0.6) is 0 Å². The second kappa shape index (κ2) is 7.35. The van der Waals surface area contributed by atoms with Gasteiger partial charge in [0.2, 0.25) is 0 Å². The van der Waals surface area contributed by atoms with Crippen LogP contribution in [0, 0.1) is 13.8 Å². The second-order valence-corrected chi connectivity index (χ2v) is 7.06. The molecule has 1 aromatic carbocycles. The van der Waals surface area contributed by atoms with Crippen LogP contribution in [0.4, 0.5) is 0 Å². The molecule has 0 spiro atoms. The Morgan fingerprint density at radius 1 is 1.21 bits per heavy atom. The Morgan fingerprint density at radius 3 is 2.63 bits per heavy atom. The van der Waals surface area contributed by atoms with Gasteiger partial charge in [-0.25, -0.2) is 0 Å². The third-order valence-corrected chi connectivity index (χ3v) is 5.89. The van der Waals surface area contributed by atoms with Crippen LogP contribution in [-0.4, -0.2) is 18.1 Å². The van der Waals surface area contributed by atoms with E-state index >= 15 is 0 Å². The number of aryl methyl sites for hydroxylation is 1. The van der Waals surface area contributed by atoms with Crippen molar-refractivity contribution in [1.82, 2.24) is 5.32 Å². The van der Waals surface area contributed by atoms with E-state index in [1.54, 1.807) is 0 Å². The molecule has 1 saturated carbocycles. The minimum Gasteiger partial charge on any atom is -0.312 e. The van der Waals surface area contributed by atoms with Crippen LogP contribution in [-0.2, 0) is 0 Å². The Hall–Kier alpha value is -0.470. The summed E-state index contributed by atoms with van der Waals surface area (Å²) in [6.07, 6.45) is 7.17. The van der Waals surface area contributed by atoms with Crippen LogP contribution >= 0.6 is 11.8 Å². The lowest BCUT2D eigenvalue weighted by Gasteiger charge is -2.25. The van der Waals surface area contributed by atoms with Crippen molar-refractivity contribution < 1.29 is 0 Å². The summed E-state index contributed by atoms with van der Waals surface area (Å²) in [5, 5.41) is 4.40. The van der Waals surface area contributed by atoms with Gasteiger partial charge in [0.1, 0.15) is 0 Å². The van der Waals surface area contributed by atoms with E-state index in [2.05, 4.69) is 56.2 Å².